The van der Waals surface area contributed by atoms with Crippen LogP contribution >= 0.6 is 0 Å². The van der Waals surface area contributed by atoms with Gasteiger partial charge in [-0.2, -0.15) is 0 Å². The quantitative estimate of drug-likeness (QED) is 0.858. The first-order valence-corrected chi connectivity index (χ1v) is 7.92. The standard InChI is InChI=1S/C15H18N2O2S/c1-16-12-11-13-7-5-6-10-15(13)17-20(18,19)14-8-3-2-4-9-14/h2-10,16-17H,11-12H2,1H3. The van der Waals surface area contributed by atoms with E-state index in [4.69, 9.17) is 0 Å². The first kappa shape index (κ1) is 14.6. The summed E-state index contributed by atoms with van der Waals surface area (Å²) in [4.78, 5) is 0.267. The molecule has 2 aromatic carbocycles. The number of para-hydroxylation sites is 1. The highest BCUT2D eigenvalue weighted by Gasteiger charge is 2.14. The molecule has 0 saturated heterocycles. The SMILES string of the molecule is CNCCc1ccccc1NS(=O)(=O)c1ccccc1. The van der Waals surface area contributed by atoms with Gasteiger partial charge in [0, 0.05) is 0 Å². The van der Waals surface area contributed by atoms with Crippen molar-refractivity contribution in [3.05, 3.63) is 60.2 Å². The Hall–Kier alpha value is -1.85. The van der Waals surface area contributed by atoms with Crippen LogP contribution in [0.5, 0.6) is 0 Å². The van der Waals surface area contributed by atoms with Crippen molar-refractivity contribution < 1.29 is 8.42 Å². The molecule has 0 saturated carbocycles. The van der Waals surface area contributed by atoms with Crippen LogP contribution in [0, 0.1) is 0 Å². The van der Waals surface area contributed by atoms with E-state index in [9.17, 15) is 8.42 Å². The van der Waals surface area contributed by atoms with E-state index >= 15 is 0 Å². The first-order chi connectivity index (χ1) is 9.63. The van der Waals surface area contributed by atoms with Crippen molar-refractivity contribution in [3.8, 4) is 0 Å². The van der Waals surface area contributed by atoms with E-state index in [0.717, 1.165) is 18.5 Å². The number of benzene rings is 2. The number of nitrogens with one attached hydrogen (secondary N) is 2. The molecule has 0 atom stereocenters. The Kier molecular flexibility index (Phi) is 4.76. The number of hydrogen-bond acceptors (Lipinski definition) is 3. The third kappa shape index (κ3) is 3.59. The molecule has 0 radical (unpaired) electrons. The van der Waals surface area contributed by atoms with E-state index in [0.29, 0.717) is 5.69 Å². The lowest BCUT2D eigenvalue weighted by Gasteiger charge is -2.12. The molecule has 0 unspecified atom stereocenters. The lowest BCUT2D eigenvalue weighted by atomic mass is 10.1. The van der Waals surface area contributed by atoms with Crippen molar-refractivity contribution in [2.24, 2.45) is 0 Å². The van der Waals surface area contributed by atoms with Crippen LogP contribution in [-0.2, 0) is 16.4 Å². The molecule has 5 heteroatoms. The topological polar surface area (TPSA) is 58.2 Å². The molecule has 0 amide bonds. The molecule has 0 bridgehead atoms. The lowest BCUT2D eigenvalue weighted by molar-refractivity contribution is 0.601. The highest BCUT2D eigenvalue weighted by molar-refractivity contribution is 7.92. The van der Waals surface area contributed by atoms with Crippen LogP contribution in [-0.4, -0.2) is 22.0 Å². The fourth-order valence-corrected chi connectivity index (χ4v) is 3.02. The fraction of sp³-hybridized carbons (Fsp3) is 0.200. The molecule has 4 nitrogen and oxygen atoms in total. The molecule has 2 aromatic rings. The molecular formula is C15H18N2O2S. The van der Waals surface area contributed by atoms with Gasteiger partial charge in [-0.25, -0.2) is 8.42 Å². The first-order valence-electron chi connectivity index (χ1n) is 6.44. The fourth-order valence-electron chi connectivity index (χ4n) is 1.90. The van der Waals surface area contributed by atoms with Crippen molar-refractivity contribution in [2.45, 2.75) is 11.3 Å². The summed E-state index contributed by atoms with van der Waals surface area (Å²) in [6.45, 7) is 0.796. The van der Waals surface area contributed by atoms with Gasteiger partial charge in [-0.15, -0.1) is 0 Å². The van der Waals surface area contributed by atoms with E-state index < -0.39 is 10.0 Å². The van der Waals surface area contributed by atoms with Crippen molar-refractivity contribution in [3.63, 3.8) is 0 Å². The third-order valence-electron chi connectivity index (χ3n) is 2.96. The Morgan fingerprint density at radius 1 is 0.950 bits per heavy atom. The summed E-state index contributed by atoms with van der Waals surface area (Å²) >= 11 is 0. The summed E-state index contributed by atoms with van der Waals surface area (Å²) in [5.74, 6) is 0. The normalized spacial score (nSPS) is 11.2. The zero-order valence-electron chi connectivity index (χ0n) is 11.3. The van der Waals surface area contributed by atoms with E-state index in [1.54, 1.807) is 36.4 Å². The molecule has 0 aliphatic heterocycles. The van der Waals surface area contributed by atoms with E-state index in [1.165, 1.54) is 0 Å². The van der Waals surface area contributed by atoms with Crippen LogP contribution in [0.4, 0.5) is 5.69 Å². The zero-order chi connectivity index (χ0) is 14.4. The van der Waals surface area contributed by atoms with Gasteiger partial charge >= 0.3 is 0 Å². The maximum Gasteiger partial charge on any atom is 0.261 e. The lowest BCUT2D eigenvalue weighted by Crippen LogP contribution is -2.16. The minimum absolute atomic E-state index is 0.267. The van der Waals surface area contributed by atoms with Crippen LogP contribution in [0.25, 0.3) is 0 Å². The van der Waals surface area contributed by atoms with Gasteiger partial charge in [0.05, 0.1) is 10.6 Å². The summed E-state index contributed by atoms with van der Waals surface area (Å²) in [5, 5.41) is 3.06. The number of anilines is 1. The van der Waals surface area contributed by atoms with Crippen molar-refractivity contribution in [1.29, 1.82) is 0 Å². The van der Waals surface area contributed by atoms with Gasteiger partial charge in [0.1, 0.15) is 0 Å². The average molecular weight is 290 g/mol. The van der Waals surface area contributed by atoms with Gasteiger partial charge in [-0.1, -0.05) is 36.4 Å². The average Bonchev–Trinajstić information content (AvgIpc) is 2.47. The second kappa shape index (κ2) is 6.54. The summed E-state index contributed by atoms with van der Waals surface area (Å²) in [6, 6.07) is 15.8. The summed E-state index contributed by atoms with van der Waals surface area (Å²) in [7, 11) is -1.66. The molecule has 0 fully saturated rings. The second-order valence-corrected chi connectivity index (χ2v) is 6.11. The van der Waals surface area contributed by atoms with Crippen LogP contribution < -0.4 is 10.0 Å². The monoisotopic (exact) mass is 290 g/mol. The van der Waals surface area contributed by atoms with Gasteiger partial charge in [0.15, 0.2) is 0 Å². The maximum absolute atomic E-state index is 12.3. The molecule has 0 spiro atoms. The minimum Gasteiger partial charge on any atom is -0.319 e. The molecule has 20 heavy (non-hydrogen) atoms. The van der Waals surface area contributed by atoms with Gasteiger partial charge in [0.2, 0.25) is 0 Å². The molecular weight excluding hydrogens is 272 g/mol. The summed E-state index contributed by atoms with van der Waals surface area (Å²) in [5.41, 5.74) is 1.60. The predicted octanol–water partition coefficient (Wildman–Crippen LogP) is 2.25. The smallest absolute Gasteiger partial charge is 0.261 e. The Morgan fingerprint density at radius 2 is 1.60 bits per heavy atom. The predicted molar refractivity (Wildman–Crippen MR) is 81.3 cm³/mol. The molecule has 0 aliphatic rings. The Balaban J connectivity index is 2.26. The molecule has 106 valence electrons. The highest BCUT2D eigenvalue weighted by atomic mass is 32.2. The van der Waals surface area contributed by atoms with Crippen LogP contribution in [0.15, 0.2) is 59.5 Å². The van der Waals surface area contributed by atoms with Gasteiger partial charge in [-0.3, -0.25) is 4.72 Å². The van der Waals surface area contributed by atoms with Crippen molar-refractivity contribution >= 4 is 15.7 Å². The Bertz CT molecular complexity index is 655. The molecule has 0 heterocycles. The van der Waals surface area contributed by atoms with E-state index in [1.807, 2.05) is 25.2 Å². The van der Waals surface area contributed by atoms with Crippen LogP contribution in [0.2, 0.25) is 0 Å². The van der Waals surface area contributed by atoms with Crippen molar-refractivity contribution in [2.75, 3.05) is 18.3 Å². The van der Waals surface area contributed by atoms with Gasteiger partial charge in [0.25, 0.3) is 10.0 Å². The number of hydrogen-bond donors (Lipinski definition) is 2. The van der Waals surface area contributed by atoms with E-state index in [-0.39, 0.29) is 4.90 Å². The van der Waals surface area contributed by atoms with Crippen molar-refractivity contribution in [1.82, 2.24) is 5.32 Å². The van der Waals surface area contributed by atoms with Crippen LogP contribution in [0.3, 0.4) is 0 Å². The summed E-state index contributed by atoms with van der Waals surface area (Å²) < 4.78 is 27.3. The highest BCUT2D eigenvalue weighted by Crippen LogP contribution is 2.20. The largest absolute Gasteiger partial charge is 0.319 e. The number of sulfonamides is 1. The molecule has 0 aliphatic carbocycles. The molecule has 0 aromatic heterocycles. The zero-order valence-corrected chi connectivity index (χ0v) is 12.2. The Morgan fingerprint density at radius 3 is 2.30 bits per heavy atom. The Labute approximate surface area is 119 Å². The molecule has 2 rings (SSSR count). The third-order valence-corrected chi connectivity index (χ3v) is 4.34. The number of rotatable bonds is 6. The van der Waals surface area contributed by atoms with Gasteiger partial charge < -0.3 is 5.32 Å². The van der Waals surface area contributed by atoms with Gasteiger partial charge in [-0.05, 0) is 43.8 Å². The summed E-state index contributed by atoms with van der Waals surface area (Å²) in [6.07, 6.45) is 0.768. The van der Waals surface area contributed by atoms with E-state index in [2.05, 4.69) is 10.0 Å². The second-order valence-electron chi connectivity index (χ2n) is 4.43. The van der Waals surface area contributed by atoms with Crippen LogP contribution in [0.1, 0.15) is 5.56 Å². The maximum atomic E-state index is 12.3. The molecule has 2 N–H and O–H groups in total. The number of likely N-dealkylation sites (N-methyl/N-ethyl adjacent to an activating group) is 1. The minimum atomic E-state index is -3.53.